The maximum atomic E-state index is 12.1. The van der Waals surface area contributed by atoms with Gasteiger partial charge in [-0.3, -0.25) is 4.79 Å². The van der Waals surface area contributed by atoms with E-state index >= 15 is 0 Å². The van der Waals surface area contributed by atoms with E-state index in [4.69, 9.17) is 9.47 Å². The van der Waals surface area contributed by atoms with Gasteiger partial charge < -0.3 is 20.1 Å². The third-order valence-electron chi connectivity index (χ3n) is 2.97. The van der Waals surface area contributed by atoms with Crippen molar-refractivity contribution >= 4 is 17.4 Å². The highest BCUT2D eigenvalue weighted by Gasteiger charge is 2.07. The molecule has 0 bridgehead atoms. The number of hydrogen-bond acceptors (Lipinski definition) is 5. The number of carbonyl (C=O) groups is 1. The average molecular weight is 301 g/mol. The van der Waals surface area contributed by atoms with Crippen molar-refractivity contribution in [3.63, 3.8) is 0 Å². The molecule has 2 aromatic rings. The molecule has 116 valence electrons. The Labute approximate surface area is 129 Å². The highest BCUT2D eigenvalue weighted by atomic mass is 16.5. The van der Waals surface area contributed by atoms with Crippen molar-refractivity contribution in [2.75, 3.05) is 38.0 Å². The fourth-order valence-corrected chi connectivity index (χ4v) is 1.82. The number of benzene rings is 1. The van der Waals surface area contributed by atoms with Crippen LogP contribution in [0.5, 0.6) is 5.75 Å². The first kappa shape index (κ1) is 15.8. The summed E-state index contributed by atoms with van der Waals surface area (Å²) in [5.74, 6) is 0.898. The molecule has 6 heteroatoms. The molecule has 0 atom stereocenters. The monoisotopic (exact) mass is 301 g/mol. The van der Waals surface area contributed by atoms with Crippen LogP contribution in [0.4, 0.5) is 11.5 Å². The van der Waals surface area contributed by atoms with Crippen molar-refractivity contribution in [2.24, 2.45) is 0 Å². The second-order valence-corrected chi connectivity index (χ2v) is 4.54. The molecule has 1 aromatic carbocycles. The number of rotatable bonds is 7. The fourth-order valence-electron chi connectivity index (χ4n) is 1.82. The molecule has 1 aromatic heterocycles. The first-order chi connectivity index (χ1) is 10.7. The minimum absolute atomic E-state index is 0.230. The van der Waals surface area contributed by atoms with Crippen LogP contribution in [0.15, 0.2) is 42.6 Å². The van der Waals surface area contributed by atoms with Crippen molar-refractivity contribution in [3.8, 4) is 5.75 Å². The summed E-state index contributed by atoms with van der Waals surface area (Å²) >= 11 is 0. The molecule has 1 heterocycles. The Kier molecular flexibility index (Phi) is 5.73. The Hall–Kier alpha value is -2.60. The first-order valence-corrected chi connectivity index (χ1v) is 6.87. The van der Waals surface area contributed by atoms with Crippen LogP contribution >= 0.6 is 0 Å². The summed E-state index contributed by atoms with van der Waals surface area (Å²) in [6.07, 6.45) is 1.66. The molecule has 0 aliphatic heterocycles. The van der Waals surface area contributed by atoms with Gasteiger partial charge in [-0.15, -0.1) is 0 Å². The van der Waals surface area contributed by atoms with Crippen molar-refractivity contribution in [3.05, 3.63) is 48.2 Å². The Bertz CT molecular complexity index is 614. The Morgan fingerprint density at radius 3 is 2.77 bits per heavy atom. The van der Waals surface area contributed by atoms with Gasteiger partial charge in [0.15, 0.2) is 0 Å². The molecule has 0 unspecified atom stereocenters. The number of ether oxygens (including phenoxy) is 2. The lowest BCUT2D eigenvalue weighted by Gasteiger charge is -2.08. The predicted molar refractivity (Wildman–Crippen MR) is 85.5 cm³/mol. The quantitative estimate of drug-likeness (QED) is 0.768. The van der Waals surface area contributed by atoms with Crippen molar-refractivity contribution < 1.29 is 14.3 Å². The highest BCUT2D eigenvalue weighted by molar-refractivity contribution is 6.04. The molecule has 0 saturated heterocycles. The average Bonchev–Trinajstić information content (AvgIpc) is 2.56. The number of amides is 1. The van der Waals surface area contributed by atoms with E-state index < -0.39 is 0 Å². The van der Waals surface area contributed by atoms with E-state index in [1.165, 1.54) is 0 Å². The van der Waals surface area contributed by atoms with E-state index in [0.29, 0.717) is 30.3 Å². The molecule has 1 amide bonds. The number of carbonyl (C=O) groups excluding carboxylic acids is 1. The molecule has 0 fully saturated rings. The number of nitrogens with one attached hydrogen (secondary N) is 2. The number of anilines is 2. The summed E-state index contributed by atoms with van der Waals surface area (Å²) < 4.78 is 10.1. The van der Waals surface area contributed by atoms with Crippen LogP contribution in [-0.4, -0.2) is 38.3 Å². The maximum absolute atomic E-state index is 12.1. The molecule has 0 saturated carbocycles. The SMILES string of the molecule is COCCNc1ccc(NC(=O)c2cccc(OC)c2)nc1. The van der Waals surface area contributed by atoms with Crippen molar-refractivity contribution in [1.29, 1.82) is 0 Å². The fraction of sp³-hybridized carbons (Fsp3) is 0.250. The molecule has 6 nitrogen and oxygen atoms in total. The van der Waals surface area contributed by atoms with Gasteiger partial charge in [0.25, 0.3) is 5.91 Å². The highest BCUT2D eigenvalue weighted by Crippen LogP contribution is 2.15. The van der Waals surface area contributed by atoms with Crippen LogP contribution in [-0.2, 0) is 4.74 Å². The van der Waals surface area contributed by atoms with E-state index in [2.05, 4.69) is 15.6 Å². The zero-order valence-electron chi connectivity index (χ0n) is 12.6. The number of aromatic nitrogens is 1. The predicted octanol–water partition coefficient (Wildman–Crippen LogP) is 2.40. The van der Waals surface area contributed by atoms with Gasteiger partial charge in [-0.25, -0.2) is 4.98 Å². The number of hydrogen-bond donors (Lipinski definition) is 2. The van der Waals surface area contributed by atoms with Crippen molar-refractivity contribution in [1.82, 2.24) is 4.98 Å². The molecular formula is C16H19N3O3. The van der Waals surface area contributed by atoms with Gasteiger partial charge in [-0.1, -0.05) is 6.07 Å². The minimum Gasteiger partial charge on any atom is -0.497 e. The molecule has 0 aliphatic carbocycles. The van der Waals surface area contributed by atoms with E-state index in [1.807, 2.05) is 6.07 Å². The first-order valence-electron chi connectivity index (χ1n) is 6.87. The topological polar surface area (TPSA) is 72.5 Å². The molecule has 0 radical (unpaired) electrons. The van der Waals surface area contributed by atoms with E-state index in [0.717, 1.165) is 5.69 Å². The van der Waals surface area contributed by atoms with Crippen LogP contribution in [0.25, 0.3) is 0 Å². The zero-order chi connectivity index (χ0) is 15.8. The third-order valence-corrected chi connectivity index (χ3v) is 2.97. The zero-order valence-corrected chi connectivity index (χ0v) is 12.6. The molecule has 2 N–H and O–H groups in total. The molecular weight excluding hydrogens is 282 g/mol. The van der Waals surface area contributed by atoms with Gasteiger partial charge in [0.05, 0.1) is 25.6 Å². The number of pyridine rings is 1. The van der Waals surface area contributed by atoms with Crippen LogP contribution in [0.3, 0.4) is 0 Å². The number of nitrogens with zero attached hydrogens (tertiary/aromatic N) is 1. The Balaban J connectivity index is 1.96. The van der Waals surface area contributed by atoms with Crippen LogP contribution < -0.4 is 15.4 Å². The van der Waals surface area contributed by atoms with Crippen LogP contribution in [0.2, 0.25) is 0 Å². The maximum Gasteiger partial charge on any atom is 0.256 e. The van der Waals surface area contributed by atoms with Gasteiger partial charge in [0.2, 0.25) is 0 Å². The van der Waals surface area contributed by atoms with Gasteiger partial charge in [-0.2, -0.15) is 0 Å². The smallest absolute Gasteiger partial charge is 0.256 e. The summed E-state index contributed by atoms with van der Waals surface area (Å²) in [6.45, 7) is 1.32. The standard InChI is InChI=1S/C16H19N3O3/c1-21-9-8-17-13-6-7-15(18-11-13)19-16(20)12-4-3-5-14(10-12)22-2/h3-7,10-11,17H,8-9H2,1-2H3,(H,18,19,20). The Morgan fingerprint density at radius 2 is 2.09 bits per heavy atom. The lowest BCUT2D eigenvalue weighted by Crippen LogP contribution is -2.13. The normalized spacial score (nSPS) is 10.1. The summed E-state index contributed by atoms with van der Waals surface area (Å²) in [5, 5.41) is 5.90. The van der Waals surface area contributed by atoms with Crippen LogP contribution in [0, 0.1) is 0 Å². The molecule has 2 rings (SSSR count). The summed E-state index contributed by atoms with van der Waals surface area (Å²) in [7, 11) is 3.21. The minimum atomic E-state index is -0.230. The molecule has 22 heavy (non-hydrogen) atoms. The van der Waals surface area contributed by atoms with E-state index in [1.54, 1.807) is 50.7 Å². The Morgan fingerprint density at radius 1 is 1.23 bits per heavy atom. The summed E-state index contributed by atoms with van der Waals surface area (Å²) in [4.78, 5) is 16.3. The van der Waals surface area contributed by atoms with Gasteiger partial charge >= 0.3 is 0 Å². The second-order valence-electron chi connectivity index (χ2n) is 4.54. The van der Waals surface area contributed by atoms with Gasteiger partial charge in [0, 0.05) is 19.2 Å². The lowest BCUT2D eigenvalue weighted by molar-refractivity contribution is 0.102. The second kappa shape index (κ2) is 7.99. The van der Waals surface area contributed by atoms with Gasteiger partial charge in [-0.05, 0) is 30.3 Å². The summed E-state index contributed by atoms with van der Waals surface area (Å²) in [6, 6.07) is 10.5. The molecule has 0 spiro atoms. The number of methoxy groups -OCH3 is 2. The van der Waals surface area contributed by atoms with Crippen LogP contribution in [0.1, 0.15) is 10.4 Å². The summed E-state index contributed by atoms with van der Waals surface area (Å²) in [5.41, 5.74) is 1.39. The van der Waals surface area contributed by atoms with Crippen molar-refractivity contribution in [2.45, 2.75) is 0 Å². The third kappa shape index (κ3) is 4.46. The van der Waals surface area contributed by atoms with E-state index in [9.17, 15) is 4.79 Å². The van der Waals surface area contributed by atoms with E-state index in [-0.39, 0.29) is 5.91 Å². The molecule has 0 aliphatic rings. The largest absolute Gasteiger partial charge is 0.497 e. The van der Waals surface area contributed by atoms with Gasteiger partial charge in [0.1, 0.15) is 11.6 Å². The lowest BCUT2D eigenvalue weighted by atomic mass is 10.2.